The molecule has 0 bridgehead atoms. The number of ether oxygens (including phenoxy) is 3. The Morgan fingerprint density at radius 3 is 2.22 bits per heavy atom. The Balaban J connectivity index is 1.79. The van der Waals surface area contributed by atoms with Crippen LogP contribution in [0.5, 0.6) is 17.2 Å². The molecule has 5 nitrogen and oxygen atoms in total. The zero-order valence-electron chi connectivity index (χ0n) is 16.0. The van der Waals surface area contributed by atoms with Crippen molar-refractivity contribution in [3.8, 4) is 17.2 Å². The van der Waals surface area contributed by atoms with Gasteiger partial charge in [0.1, 0.15) is 22.4 Å². The first kappa shape index (κ1) is 19.3. The van der Waals surface area contributed by atoms with Gasteiger partial charge in [-0.15, -0.1) is 0 Å². The van der Waals surface area contributed by atoms with Gasteiger partial charge in [-0.2, -0.15) is 0 Å². The zero-order chi connectivity index (χ0) is 19.4. The average molecular weight is 387 g/mol. The number of benzene rings is 2. The molecule has 0 saturated carbocycles. The normalized spacial score (nSPS) is 11.0. The highest BCUT2D eigenvalue weighted by Gasteiger charge is 2.12. The quantitative estimate of drug-likeness (QED) is 0.557. The van der Waals surface area contributed by atoms with Crippen LogP contribution in [0.3, 0.4) is 0 Å². The SMILES string of the molecule is COc1ccc(CN(C)Cc2cc3ccc(OC)cc3nc2Cl)c(OC)c1. The highest BCUT2D eigenvalue weighted by Crippen LogP contribution is 2.28. The second kappa shape index (κ2) is 8.46. The fourth-order valence-electron chi connectivity index (χ4n) is 3.03. The molecule has 0 spiro atoms. The van der Waals surface area contributed by atoms with Gasteiger partial charge in [0.05, 0.1) is 26.8 Å². The number of fused-ring (bicyclic) bond motifs is 1. The maximum Gasteiger partial charge on any atom is 0.134 e. The summed E-state index contributed by atoms with van der Waals surface area (Å²) in [7, 11) is 6.99. The highest BCUT2D eigenvalue weighted by atomic mass is 35.5. The van der Waals surface area contributed by atoms with E-state index in [1.807, 2.05) is 43.4 Å². The standard InChI is InChI=1S/C21H23ClN2O3/c1-24(12-15-6-8-18(26-3)11-20(15)27-4)13-16-9-14-5-7-17(25-2)10-19(14)23-21(16)22/h5-11H,12-13H2,1-4H3. The van der Waals surface area contributed by atoms with Crippen LogP contribution < -0.4 is 14.2 Å². The third kappa shape index (κ3) is 4.43. The molecule has 0 atom stereocenters. The molecule has 0 N–H and O–H groups in total. The molecular weight excluding hydrogens is 364 g/mol. The van der Waals surface area contributed by atoms with E-state index in [0.717, 1.165) is 39.3 Å². The van der Waals surface area contributed by atoms with Crippen LogP contribution in [0.25, 0.3) is 10.9 Å². The molecule has 3 rings (SSSR count). The third-order valence-corrected chi connectivity index (χ3v) is 4.75. The maximum absolute atomic E-state index is 6.42. The predicted molar refractivity (Wildman–Crippen MR) is 108 cm³/mol. The molecule has 0 saturated heterocycles. The first-order valence-corrected chi connectivity index (χ1v) is 8.94. The van der Waals surface area contributed by atoms with Gasteiger partial charge in [0.25, 0.3) is 0 Å². The summed E-state index contributed by atoms with van der Waals surface area (Å²) in [6.45, 7) is 1.38. The third-order valence-electron chi connectivity index (χ3n) is 4.43. The Labute approximate surface area is 164 Å². The fraction of sp³-hybridized carbons (Fsp3) is 0.286. The number of methoxy groups -OCH3 is 3. The van der Waals surface area contributed by atoms with Crippen LogP contribution in [0.1, 0.15) is 11.1 Å². The van der Waals surface area contributed by atoms with Crippen LogP contribution in [-0.2, 0) is 13.1 Å². The van der Waals surface area contributed by atoms with E-state index in [0.29, 0.717) is 18.2 Å². The van der Waals surface area contributed by atoms with E-state index in [2.05, 4.69) is 16.0 Å². The summed E-state index contributed by atoms with van der Waals surface area (Å²) in [5.41, 5.74) is 2.88. The van der Waals surface area contributed by atoms with Crippen molar-refractivity contribution in [3.05, 3.63) is 58.7 Å². The number of hydrogen-bond donors (Lipinski definition) is 0. The summed E-state index contributed by atoms with van der Waals surface area (Å²) >= 11 is 6.42. The average Bonchev–Trinajstić information content (AvgIpc) is 2.68. The lowest BCUT2D eigenvalue weighted by molar-refractivity contribution is 0.309. The van der Waals surface area contributed by atoms with E-state index >= 15 is 0 Å². The number of aromatic nitrogens is 1. The Hall–Kier alpha value is -2.50. The molecule has 1 aromatic heterocycles. The molecule has 2 aromatic carbocycles. The molecule has 142 valence electrons. The van der Waals surface area contributed by atoms with Crippen LogP contribution in [-0.4, -0.2) is 38.3 Å². The molecular formula is C21H23ClN2O3. The lowest BCUT2D eigenvalue weighted by Crippen LogP contribution is -2.18. The van der Waals surface area contributed by atoms with Gasteiger partial charge in [-0.1, -0.05) is 17.7 Å². The zero-order valence-corrected chi connectivity index (χ0v) is 16.7. The van der Waals surface area contributed by atoms with Gasteiger partial charge in [0.15, 0.2) is 0 Å². The number of rotatable bonds is 7. The van der Waals surface area contributed by atoms with Crippen LogP contribution in [0, 0.1) is 0 Å². The van der Waals surface area contributed by atoms with E-state index in [-0.39, 0.29) is 0 Å². The first-order valence-electron chi connectivity index (χ1n) is 8.56. The smallest absolute Gasteiger partial charge is 0.134 e. The van der Waals surface area contributed by atoms with Crippen molar-refractivity contribution >= 4 is 22.5 Å². The van der Waals surface area contributed by atoms with Gasteiger partial charge in [-0.05, 0) is 31.3 Å². The van der Waals surface area contributed by atoms with Gasteiger partial charge in [-0.3, -0.25) is 4.90 Å². The van der Waals surface area contributed by atoms with Crippen LogP contribution in [0.15, 0.2) is 42.5 Å². The summed E-state index contributed by atoms with van der Waals surface area (Å²) in [5.74, 6) is 2.34. The highest BCUT2D eigenvalue weighted by molar-refractivity contribution is 6.30. The maximum atomic E-state index is 6.42. The van der Waals surface area contributed by atoms with Crippen molar-refractivity contribution in [3.63, 3.8) is 0 Å². The summed E-state index contributed by atoms with van der Waals surface area (Å²) in [6.07, 6.45) is 0. The molecule has 0 fully saturated rings. The first-order chi connectivity index (χ1) is 13.0. The lowest BCUT2D eigenvalue weighted by atomic mass is 10.1. The summed E-state index contributed by atoms with van der Waals surface area (Å²) < 4.78 is 16.0. The molecule has 0 aliphatic heterocycles. The van der Waals surface area contributed by atoms with E-state index < -0.39 is 0 Å². The van der Waals surface area contributed by atoms with Gasteiger partial charge >= 0.3 is 0 Å². The lowest BCUT2D eigenvalue weighted by Gasteiger charge is -2.19. The summed E-state index contributed by atoms with van der Waals surface area (Å²) in [5, 5.41) is 1.54. The molecule has 0 amide bonds. The Kier molecular flexibility index (Phi) is 6.04. The van der Waals surface area contributed by atoms with Gasteiger partial charge in [0.2, 0.25) is 0 Å². The Morgan fingerprint density at radius 2 is 1.52 bits per heavy atom. The van der Waals surface area contributed by atoms with E-state index in [1.54, 1.807) is 21.3 Å². The van der Waals surface area contributed by atoms with E-state index in [1.165, 1.54) is 0 Å². The molecule has 0 aliphatic carbocycles. The van der Waals surface area contributed by atoms with E-state index in [4.69, 9.17) is 25.8 Å². The van der Waals surface area contributed by atoms with Crippen molar-refractivity contribution in [1.29, 1.82) is 0 Å². The molecule has 3 aromatic rings. The fourth-order valence-corrected chi connectivity index (χ4v) is 3.23. The Bertz CT molecular complexity index is 946. The van der Waals surface area contributed by atoms with Gasteiger partial charge in [0, 0.05) is 41.7 Å². The molecule has 0 radical (unpaired) electrons. The van der Waals surface area contributed by atoms with Gasteiger partial charge < -0.3 is 14.2 Å². The monoisotopic (exact) mass is 386 g/mol. The van der Waals surface area contributed by atoms with Crippen molar-refractivity contribution in [2.45, 2.75) is 13.1 Å². The largest absolute Gasteiger partial charge is 0.497 e. The summed E-state index contributed by atoms with van der Waals surface area (Å²) in [6, 6.07) is 13.7. The van der Waals surface area contributed by atoms with Crippen molar-refractivity contribution < 1.29 is 14.2 Å². The predicted octanol–water partition coefficient (Wildman–Crippen LogP) is 4.55. The second-order valence-corrected chi connectivity index (χ2v) is 6.71. The van der Waals surface area contributed by atoms with E-state index in [9.17, 15) is 0 Å². The van der Waals surface area contributed by atoms with Gasteiger partial charge in [-0.25, -0.2) is 4.98 Å². The van der Waals surface area contributed by atoms with Crippen molar-refractivity contribution in [2.75, 3.05) is 28.4 Å². The van der Waals surface area contributed by atoms with Crippen LogP contribution >= 0.6 is 11.6 Å². The number of pyridine rings is 1. The molecule has 0 unspecified atom stereocenters. The Morgan fingerprint density at radius 1 is 0.852 bits per heavy atom. The molecule has 0 aliphatic rings. The van der Waals surface area contributed by atoms with Crippen molar-refractivity contribution in [2.24, 2.45) is 0 Å². The topological polar surface area (TPSA) is 43.8 Å². The second-order valence-electron chi connectivity index (χ2n) is 6.35. The minimum atomic E-state index is 0.504. The summed E-state index contributed by atoms with van der Waals surface area (Å²) in [4.78, 5) is 6.69. The minimum absolute atomic E-state index is 0.504. The number of halogens is 1. The van der Waals surface area contributed by atoms with Crippen LogP contribution in [0.2, 0.25) is 5.15 Å². The molecule has 1 heterocycles. The van der Waals surface area contributed by atoms with Crippen molar-refractivity contribution in [1.82, 2.24) is 9.88 Å². The molecule has 27 heavy (non-hydrogen) atoms. The molecule has 6 heteroatoms. The number of nitrogens with zero attached hydrogens (tertiary/aromatic N) is 2. The number of hydrogen-bond acceptors (Lipinski definition) is 5. The van der Waals surface area contributed by atoms with Crippen LogP contribution in [0.4, 0.5) is 0 Å². The minimum Gasteiger partial charge on any atom is -0.497 e.